The molecule has 0 saturated carbocycles. The Morgan fingerprint density at radius 2 is 2.17 bits per heavy atom. The highest BCUT2D eigenvalue weighted by molar-refractivity contribution is 5.42. The molecule has 0 unspecified atom stereocenters. The minimum absolute atomic E-state index is 0.424. The van der Waals surface area contributed by atoms with Gasteiger partial charge in [-0.15, -0.1) is 10.2 Å². The van der Waals surface area contributed by atoms with Crippen molar-refractivity contribution in [2.75, 3.05) is 6.54 Å². The SMILES string of the molecule is CC(C)c1nc2c(n1C)CCN(Cc1nnc(-c3ccco3)o1)C2. The number of nitrogens with zero attached hydrogens (tertiary/aromatic N) is 5. The lowest BCUT2D eigenvalue weighted by atomic mass is 10.1. The molecule has 0 N–H and O–H groups in total. The summed E-state index contributed by atoms with van der Waals surface area (Å²) in [5.41, 5.74) is 2.51. The van der Waals surface area contributed by atoms with Crippen LogP contribution in [0.1, 0.15) is 42.9 Å². The topological polar surface area (TPSA) is 73.1 Å². The molecule has 0 aliphatic carbocycles. The summed E-state index contributed by atoms with van der Waals surface area (Å²) < 4.78 is 13.2. The van der Waals surface area contributed by atoms with Gasteiger partial charge in [0.05, 0.1) is 18.5 Å². The summed E-state index contributed by atoms with van der Waals surface area (Å²) in [5.74, 6) is 3.21. The zero-order chi connectivity index (χ0) is 16.7. The third-order valence-electron chi connectivity index (χ3n) is 4.44. The first-order valence-electron chi connectivity index (χ1n) is 8.24. The molecule has 24 heavy (non-hydrogen) atoms. The van der Waals surface area contributed by atoms with E-state index in [4.69, 9.17) is 13.8 Å². The average molecular weight is 327 g/mol. The molecule has 3 aromatic rings. The molecule has 1 aliphatic heterocycles. The van der Waals surface area contributed by atoms with E-state index in [1.54, 1.807) is 12.3 Å². The summed E-state index contributed by atoms with van der Waals surface area (Å²) in [6.07, 6.45) is 2.59. The molecule has 0 bridgehead atoms. The summed E-state index contributed by atoms with van der Waals surface area (Å²) in [6.45, 7) is 6.76. The van der Waals surface area contributed by atoms with Gasteiger partial charge in [0.15, 0.2) is 5.76 Å². The van der Waals surface area contributed by atoms with E-state index in [0.717, 1.165) is 25.3 Å². The van der Waals surface area contributed by atoms with Gasteiger partial charge in [0.2, 0.25) is 5.89 Å². The van der Waals surface area contributed by atoms with Crippen molar-refractivity contribution in [3.63, 3.8) is 0 Å². The molecule has 0 saturated heterocycles. The normalized spacial score (nSPS) is 15.2. The summed E-state index contributed by atoms with van der Waals surface area (Å²) in [7, 11) is 2.12. The Hall–Kier alpha value is -2.41. The van der Waals surface area contributed by atoms with Crippen molar-refractivity contribution < 1.29 is 8.83 Å². The lowest BCUT2D eigenvalue weighted by Gasteiger charge is -2.25. The van der Waals surface area contributed by atoms with E-state index >= 15 is 0 Å². The van der Waals surface area contributed by atoms with Crippen LogP contribution in [0.2, 0.25) is 0 Å². The van der Waals surface area contributed by atoms with Crippen LogP contribution >= 0.6 is 0 Å². The fourth-order valence-electron chi connectivity index (χ4n) is 3.26. The van der Waals surface area contributed by atoms with E-state index in [1.165, 1.54) is 11.4 Å². The molecule has 0 fully saturated rings. The van der Waals surface area contributed by atoms with Crippen LogP contribution in [0.5, 0.6) is 0 Å². The summed E-state index contributed by atoms with van der Waals surface area (Å²) in [4.78, 5) is 7.12. The van der Waals surface area contributed by atoms with Gasteiger partial charge < -0.3 is 13.4 Å². The van der Waals surface area contributed by atoms with Gasteiger partial charge in [0, 0.05) is 38.2 Å². The molecule has 4 rings (SSSR count). The Labute approximate surface area is 140 Å². The minimum Gasteiger partial charge on any atom is -0.459 e. The lowest BCUT2D eigenvalue weighted by Crippen LogP contribution is -2.30. The van der Waals surface area contributed by atoms with Gasteiger partial charge in [-0.25, -0.2) is 4.98 Å². The summed E-state index contributed by atoms with van der Waals surface area (Å²) >= 11 is 0. The Morgan fingerprint density at radius 3 is 2.92 bits per heavy atom. The molecule has 0 amide bonds. The molecular weight excluding hydrogens is 306 g/mol. The van der Waals surface area contributed by atoms with E-state index in [-0.39, 0.29) is 0 Å². The highest BCUT2D eigenvalue weighted by Crippen LogP contribution is 2.25. The van der Waals surface area contributed by atoms with Gasteiger partial charge in [-0.1, -0.05) is 13.8 Å². The third kappa shape index (κ3) is 2.65. The first-order valence-corrected chi connectivity index (χ1v) is 8.24. The fourth-order valence-corrected chi connectivity index (χ4v) is 3.26. The van der Waals surface area contributed by atoms with Crippen LogP contribution in [0.4, 0.5) is 0 Å². The Bertz CT molecular complexity index is 831. The molecular formula is C17H21N5O2. The molecule has 0 atom stereocenters. The van der Waals surface area contributed by atoms with Crippen LogP contribution < -0.4 is 0 Å². The molecule has 0 spiro atoms. The van der Waals surface area contributed by atoms with Crippen LogP contribution in [0.15, 0.2) is 27.2 Å². The number of rotatable bonds is 4. The maximum absolute atomic E-state index is 5.70. The van der Waals surface area contributed by atoms with E-state index in [2.05, 4.69) is 40.6 Å². The number of furan rings is 1. The van der Waals surface area contributed by atoms with Crippen LogP contribution in [-0.4, -0.2) is 31.2 Å². The van der Waals surface area contributed by atoms with Crippen molar-refractivity contribution in [3.8, 4) is 11.7 Å². The quantitative estimate of drug-likeness (QED) is 0.733. The molecule has 0 aromatic carbocycles. The highest BCUT2D eigenvalue weighted by Gasteiger charge is 2.25. The average Bonchev–Trinajstić information content (AvgIpc) is 3.27. The van der Waals surface area contributed by atoms with Gasteiger partial charge in [0.1, 0.15) is 5.82 Å². The van der Waals surface area contributed by atoms with E-state index in [1.807, 2.05) is 6.07 Å². The minimum atomic E-state index is 0.424. The molecule has 0 radical (unpaired) electrons. The number of hydrogen-bond acceptors (Lipinski definition) is 6. The Morgan fingerprint density at radius 1 is 1.29 bits per heavy atom. The van der Waals surface area contributed by atoms with Crippen LogP contribution in [0.25, 0.3) is 11.7 Å². The fraction of sp³-hybridized carbons (Fsp3) is 0.471. The summed E-state index contributed by atoms with van der Waals surface area (Å²) in [6, 6.07) is 3.62. The smallest absolute Gasteiger partial charge is 0.283 e. The van der Waals surface area contributed by atoms with Gasteiger partial charge in [0.25, 0.3) is 5.89 Å². The Balaban J connectivity index is 1.48. The lowest BCUT2D eigenvalue weighted by molar-refractivity contribution is 0.217. The van der Waals surface area contributed by atoms with Crippen LogP contribution in [0, 0.1) is 0 Å². The van der Waals surface area contributed by atoms with Gasteiger partial charge in [-0.05, 0) is 12.1 Å². The van der Waals surface area contributed by atoms with Crippen molar-refractivity contribution >= 4 is 0 Å². The monoisotopic (exact) mass is 327 g/mol. The second-order valence-electron chi connectivity index (χ2n) is 6.52. The zero-order valence-electron chi connectivity index (χ0n) is 14.2. The molecule has 7 nitrogen and oxygen atoms in total. The van der Waals surface area contributed by atoms with Crippen molar-refractivity contribution in [1.29, 1.82) is 0 Å². The number of hydrogen-bond donors (Lipinski definition) is 0. The van der Waals surface area contributed by atoms with Crippen LogP contribution in [0.3, 0.4) is 0 Å². The zero-order valence-corrected chi connectivity index (χ0v) is 14.2. The molecule has 4 heterocycles. The highest BCUT2D eigenvalue weighted by atomic mass is 16.4. The van der Waals surface area contributed by atoms with E-state index in [9.17, 15) is 0 Å². The predicted octanol–water partition coefficient (Wildman–Crippen LogP) is 2.74. The second-order valence-corrected chi connectivity index (χ2v) is 6.52. The maximum Gasteiger partial charge on any atom is 0.283 e. The number of imidazole rings is 1. The maximum atomic E-state index is 5.70. The van der Waals surface area contributed by atoms with Crippen molar-refractivity contribution in [1.82, 2.24) is 24.6 Å². The van der Waals surface area contributed by atoms with E-state index < -0.39 is 0 Å². The Kier molecular flexibility index (Phi) is 3.72. The van der Waals surface area contributed by atoms with Crippen molar-refractivity contribution in [2.45, 2.75) is 39.3 Å². The first-order chi connectivity index (χ1) is 11.6. The molecule has 3 aromatic heterocycles. The largest absolute Gasteiger partial charge is 0.459 e. The number of fused-ring (bicyclic) bond motifs is 1. The predicted molar refractivity (Wildman–Crippen MR) is 87.1 cm³/mol. The molecule has 7 heteroatoms. The van der Waals surface area contributed by atoms with Crippen molar-refractivity contribution in [3.05, 3.63) is 41.5 Å². The van der Waals surface area contributed by atoms with Gasteiger partial charge in [-0.2, -0.15) is 0 Å². The number of aromatic nitrogens is 4. The molecule has 126 valence electrons. The summed E-state index contributed by atoms with van der Waals surface area (Å²) in [5, 5.41) is 8.18. The third-order valence-corrected chi connectivity index (χ3v) is 4.44. The van der Waals surface area contributed by atoms with Crippen LogP contribution in [-0.2, 0) is 26.6 Å². The first kappa shape index (κ1) is 15.1. The van der Waals surface area contributed by atoms with Gasteiger partial charge in [-0.3, -0.25) is 4.90 Å². The van der Waals surface area contributed by atoms with Gasteiger partial charge >= 0.3 is 0 Å². The molecule has 1 aliphatic rings. The second kappa shape index (κ2) is 5.90. The standard InChI is InChI=1S/C17H21N5O2/c1-11(2)16-18-12-9-22(7-6-13(12)21(16)3)10-15-19-20-17(24-15)14-5-4-8-23-14/h4-5,8,11H,6-7,9-10H2,1-3H3. The van der Waals surface area contributed by atoms with Crippen molar-refractivity contribution in [2.24, 2.45) is 7.05 Å². The van der Waals surface area contributed by atoms with E-state index in [0.29, 0.717) is 30.0 Å².